The number of aromatic nitrogens is 4. The second-order valence-corrected chi connectivity index (χ2v) is 29.4. The van der Waals surface area contributed by atoms with Crippen molar-refractivity contribution in [2.24, 2.45) is 33.5 Å². The van der Waals surface area contributed by atoms with Gasteiger partial charge in [0, 0.05) is 98.8 Å². The van der Waals surface area contributed by atoms with Crippen LogP contribution in [0.1, 0.15) is 199 Å². The number of ether oxygens (including phenoxy) is 2. The quantitative estimate of drug-likeness (QED) is 0.0647. The molecule has 16 nitrogen and oxygen atoms in total. The van der Waals surface area contributed by atoms with Crippen molar-refractivity contribution in [2.75, 3.05) is 11.9 Å². The Kier molecular flexibility index (Phi) is 9.74. The van der Waals surface area contributed by atoms with Crippen LogP contribution < -0.4 is 10.1 Å². The standard InChI is InChI=1S/C70H69N5O11/c1-33-24-40-46(43(77)25-33)54(80)49-44-26-39-37(47(49)53(40)79)12-23-71-61(39)72-30-45(78)67-20-8-34-6-4-15-66-16-5-7-35-27-64(17-9-36(76)10-18-64)57-58(74-32-73-57)69(35,66)56-38(11-19-66)48(50(34)67)52(75-56)41-28-68(85-44)59(82)55(81)60(83)70(86-68)51(41)42(67)29-65(62(70)84)22-21-63(31-65)13-2-3-14-63/h11-12,19,23-26,28,32,34-35,45,50,55,59-60,62,75,77-78,81-84H,2-3,5,7-10,13-18,20-22,27,29-31H2,1H3,(H,71,72)(H,73,74). The third-order valence-corrected chi connectivity index (χ3v) is 26.0. The Morgan fingerprint density at radius 1 is 0.837 bits per heavy atom. The molecule has 4 aliphatic heterocycles. The van der Waals surface area contributed by atoms with Crippen LogP contribution in [-0.2, 0) is 20.4 Å². The number of rotatable bonds is 0. The average Bonchev–Trinajstić information content (AvgIpc) is 1.33. The molecule has 6 fully saturated rings. The number of nitrogens with one attached hydrogen (secondary N) is 3. The number of aliphatic hydroxyl groups is 5. The molecule has 3 aromatic heterocycles. The molecule has 5 saturated carbocycles. The van der Waals surface area contributed by atoms with E-state index in [9.17, 15) is 35.4 Å². The van der Waals surface area contributed by atoms with Gasteiger partial charge in [0.05, 0.1) is 52.2 Å². The number of aryl methyl sites for hydroxylation is 1. The molecule has 12 bridgehead atoms. The fourth-order valence-corrected chi connectivity index (χ4v) is 22.7. The molecule has 0 amide bonds. The lowest BCUT2D eigenvalue weighted by molar-refractivity contribution is -0.366. The Hall–Kier alpha value is -6.71. The van der Waals surface area contributed by atoms with Crippen LogP contribution in [0.3, 0.4) is 0 Å². The van der Waals surface area contributed by atoms with Crippen molar-refractivity contribution in [1.29, 1.82) is 0 Å². The van der Waals surface area contributed by atoms with Crippen molar-refractivity contribution in [3.05, 3.63) is 122 Å². The van der Waals surface area contributed by atoms with Gasteiger partial charge in [-0.1, -0.05) is 42.9 Å². The van der Waals surface area contributed by atoms with Gasteiger partial charge in [0.1, 0.15) is 35.3 Å². The van der Waals surface area contributed by atoms with E-state index in [1.807, 2.05) is 6.33 Å². The second kappa shape index (κ2) is 16.3. The Balaban J connectivity index is 0.949. The van der Waals surface area contributed by atoms with Gasteiger partial charge >= 0.3 is 0 Å². The minimum atomic E-state index is -2.52. The van der Waals surface area contributed by atoms with E-state index in [2.05, 4.69) is 39.3 Å². The summed E-state index contributed by atoms with van der Waals surface area (Å²) in [7, 11) is 0. The van der Waals surface area contributed by atoms with Crippen molar-refractivity contribution >= 4 is 45.6 Å². The van der Waals surface area contributed by atoms with E-state index < -0.39 is 86.8 Å². The van der Waals surface area contributed by atoms with Crippen LogP contribution in [0.2, 0.25) is 0 Å². The van der Waals surface area contributed by atoms with Gasteiger partial charge in [0.25, 0.3) is 5.79 Å². The third-order valence-electron chi connectivity index (χ3n) is 26.0. The molecule has 14 unspecified atom stereocenters. The molecular weight excluding hydrogens is 1090 g/mol. The summed E-state index contributed by atoms with van der Waals surface area (Å²) in [5.74, 6) is 3.34. The Morgan fingerprint density at radius 3 is 2.51 bits per heavy atom. The number of allylic oxidation sites excluding steroid dienone is 1. The Labute approximate surface area is 496 Å². The number of Topliss-reactive ketones (excluding diaryl/α,β-unsaturated/α-hetero) is 1. The Morgan fingerprint density at radius 2 is 1.67 bits per heavy atom. The summed E-state index contributed by atoms with van der Waals surface area (Å²) in [5, 5.41) is 84.5. The van der Waals surface area contributed by atoms with Gasteiger partial charge in [-0.05, 0) is 154 Å². The zero-order chi connectivity index (χ0) is 58.2. The van der Waals surface area contributed by atoms with Gasteiger partial charge < -0.3 is 55.4 Å². The number of carbonyl (C=O) groups is 3. The highest BCUT2D eigenvalue weighted by atomic mass is 16.7. The van der Waals surface area contributed by atoms with Crippen molar-refractivity contribution < 1.29 is 54.5 Å². The maximum atomic E-state index is 15.5. The zero-order valence-corrected chi connectivity index (χ0v) is 48.1. The number of benzene rings is 2. The summed E-state index contributed by atoms with van der Waals surface area (Å²) >= 11 is 0. The summed E-state index contributed by atoms with van der Waals surface area (Å²) in [5.41, 5.74) is 1.47. The molecule has 21 rings (SSSR count). The molecule has 16 aliphatic rings. The van der Waals surface area contributed by atoms with E-state index in [1.54, 1.807) is 37.4 Å². The first-order valence-electron chi connectivity index (χ1n) is 31.9. The first-order valence-corrected chi connectivity index (χ1v) is 31.9. The number of nitrogens with zero attached hydrogens (tertiary/aromatic N) is 2. The predicted molar refractivity (Wildman–Crippen MR) is 313 cm³/mol. The molecule has 16 heteroatoms. The number of H-pyrrole nitrogens is 2. The summed E-state index contributed by atoms with van der Waals surface area (Å²) in [4.78, 5) is 62.3. The number of phenols is 1. The number of phenolic OH excluding ortho intramolecular Hbond substituents is 1. The summed E-state index contributed by atoms with van der Waals surface area (Å²) in [6.07, 6.45) is 15.2. The van der Waals surface area contributed by atoms with Crippen LogP contribution in [0.5, 0.6) is 11.5 Å². The number of aromatic amines is 2. The number of anilines is 1. The largest absolute Gasteiger partial charge is 0.507 e. The fourth-order valence-electron chi connectivity index (χ4n) is 22.7. The first kappa shape index (κ1) is 51.3. The number of ketones is 3. The van der Waals surface area contributed by atoms with Crippen molar-refractivity contribution in [2.45, 2.75) is 188 Å². The molecule has 440 valence electrons. The van der Waals surface area contributed by atoms with Crippen molar-refractivity contribution in [1.82, 2.24) is 19.9 Å². The summed E-state index contributed by atoms with van der Waals surface area (Å²) < 4.78 is 15.1. The van der Waals surface area contributed by atoms with Gasteiger partial charge in [-0.3, -0.25) is 14.4 Å². The van der Waals surface area contributed by atoms with Gasteiger partial charge in [0.15, 0.2) is 17.5 Å². The summed E-state index contributed by atoms with van der Waals surface area (Å²) in [6, 6.07) is 6.23. The van der Waals surface area contributed by atoms with Gasteiger partial charge in [-0.25, -0.2) is 9.97 Å². The lowest BCUT2D eigenvalue weighted by atomic mass is 9.40. The van der Waals surface area contributed by atoms with E-state index >= 15 is 9.59 Å². The van der Waals surface area contributed by atoms with Crippen LogP contribution in [-0.4, -0.2) is 116 Å². The van der Waals surface area contributed by atoms with E-state index in [-0.39, 0.29) is 63.0 Å². The van der Waals surface area contributed by atoms with E-state index in [0.717, 1.165) is 104 Å². The van der Waals surface area contributed by atoms with Crippen LogP contribution in [0.15, 0.2) is 60.1 Å². The van der Waals surface area contributed by atoms with Gasteiger partial charge in [-0.2, -0.15) is 0 Å². The van der Waals surface area contributed by atoms with E-state index in [0.29, 0.717) is 90.4 Å². The molecule has 86 heavy (non-hydrogen) atoms. The zero-order valence-electron chi connectivity index (χ0n) is 48.1. The topological polar surface area (TPSA) is 260 Å². The van der Waals surface area contributed by atoms with Crippen LogP contribution in [0.25, 0.3) is 22.4 Å². The molecule has 8 spiro atoms. The second-order valence-electron chi connectivity index (χ2n) is 29.4. The maximum absolute atomic E-state index is 15.5. The molecule has 7 heterocycles. The normalized spacial score (nSPS) is 39.7. The minimum Gasteiger partial charge on any atom is -0.507 e. The Bertz CT molecular complexity index is 4200. The molecule has 12 aliphatic carbocycles. The van der Waals surface area contributed by atoms with Crippen LogP contribution in [0.4, 0.5) is 5.82 Å². The van der Waals surface area contributed by atoms with Crippen molar-refractivity contribution in [3.63, 3.8) is 0 Å². The third kappa shape index (κ3) is 5.69. The van der Waals surface area contributed by atoms with Crippen molar-refractivity contribution in [3.8, 4) is 23.3 Å². The number of pyridine rings is 1. The number of imidazole rings is 1. The molecule has 2 aromatic carbocycles. The number of aromatic hydroxyl groups is 1. The highest BCUT2D eigenvalue weighted by Crippen LogP contribution is 2.77. The molecule has 0 radical (unpaired) electrons. The number of fused-ring (bicyclic) bond motifs is 8. The highest BCUT2D eigenvalue weighted by molar-refractivity contribution is 6.34. The first-order chi connectivity index (χ1) is 41.5. The fraction of sp³-hybridized carbons (Fsp3) is 0.529. The molecule has 5 aromatic rings. The SMILES string of the molecule is Cc1cc(O)c2c(c1)C(=O)c1c(c3cc4c(nccc14)NCC(O)C14CCC5C#CCC67C=Cc8c([nH]c(c8C51)C1=CC5(O3)OC3(C1=C4CC1(CCC4(CCCC4)C1)C3O)C(O)C(O)C5O)C61c3[nH]cnc3C3(CCC(=O)CC3)CC1CCC7)C2=O. The van der Waals surface area contributed by atoms with Crippen LogP contribution in [0, 0.1) is 52.3 Å². The average molecular weight is 1160 g/mol. The van der Waals surface area contributed by atoms with Gasteiger partial charge in [-0.15, -0.1) is 5.92 Å². The summed E-state index contributed by atoms with van der Waals surface area (Å²) in [6.45, 7) is 1.68. The predicted octanol–water partition coefficient (Wildman–Crippen LogP) is 8.46. The van der Waals surface area contributed by atoms with E-state index in [4.69, 9.17) is 19.4 Å². The lowest BCUT2D eigenvalue weighted by Crippen LogP contribution is -2.79. The molecule has 1 saturated heterocycles. The van der Waals surface area contributed by atoms with E-state index in [1.165, 1.54) is 6.07 Å². The van der Waals surface area contributed by atoms with Gasteiger partial charge in [0.2, 0.25) is 5.78 Å². The molecule has 9 N–H and O–H groups in total. The number of carbonyl (C=O) groups excluding carboxylic acids is 3. The minimum absolute atomic E-state index is 0.00437. The monoisotopic (exact) mass is 1160 g/mol. The molecular formula is C70H69N5O11. The highest BCUT2D eigenvalue weighted by Gasteiger charge is 2.78. The lowest BCUT2D eigenvalue weighted by Gasteiger charge is -2.64. The van der Waals surface area contributed by atoms with Crippen LogP contribution >= 0.6 is 0 Å². The maximum Gasteiger partial charge on any atom is 0.261 e. The number of hydrogen-bond acceptors (Lipinski definition) is 14. The smallest absolute Gasteiger partial charge is 0.261 e. The number of aliphatic hydroxyl groups excluding tert-OH is 5. The number of hydrogen-bond donors (Lipinski definition) is 9. The molecule has 14 atom stereocenters.